The molecular formula is C16H26N2O. The summed E-state index contributed by atoms with van der Waals surface area (Å²) in [4.78, 5) is 2.29. The van der Waals surface area contributed by atoms with E-state index in [0.29, 0.717) is 6.10 Å². The highest BCUT2D eigenvalue weighted by Gasteiger charge is 2.14. The number of ether oxygens (including phenoxy) is 1. The topological polar surface area (TPSA) is 24.5 Å². The number of likely N-dealkylation sites (N-methyl/N-ethyl adjacent to an activating group) is 1. The number of nitrogens with zero attached hydrogens (tertiary/aromatic N) is 1. The van der Waals surface area contributed by atoms with Crippen LogP contribution >= 0.6 is 0 Å². The van der Waals surface area contributed by atoms with Crippen LogP contribution in [0.15, 0.2) is 24.3 Å². The molecule has 1 aliphatic heterocycles. The molecule has 1 heterocycles. The molecular weight excluding hydrogens is 236 g/mol. The van der Waals surface area contributed by atoms with Crippen LogP contribution in [0.1, 0.15) is 25.3 Å². The molecule has 3 heteroatoms. The molecule has 0 bridgehead atoms. The number of benzene rings is 1. The van der Waals surface area contributed by atoms with Gasteiger partial charge in [0.25, 0.3) is 0 Å². The third-order valence-corrected chi connectivity index (χ3v) is 3.81. The minimum absolute atomic E-state index is 0.439. The van der Waals surface area contributed by atoms with Crippen molar-refractivity contribution >= 4 is 5.69 Å². The lowest BCUT2D eigenvalue weighted by Crippen LogP contribution is -2.33. The van der Waals surface area contributed by atoms with E-state index in [4.69, 9.17) is 4.74 Å². The molecule has 1 fully saturated rings. The zero-order valence-corrected chi connectivity index (χ0v) is 12.2. The monoisotopic (exact) mass is 262 g/mol. The maximum absolute atomic E-state index is 5.59. The first-order valence-electron chi connectivity index (χ1n) is 7.42. The zero-order chi connectivity index (χ0) is 13.5. The number of hydrogen-bond donors (Lipinski definition) is 1. The first-order valence-corrected chi connectivity index (χ1v) is 7.42. The molecule has 0 saturated carbocycles. The number of rotatable bonds is 7. The predicted octanol–water partition coefficient (Wildman–Crippen LogP) is 2.45. The summed E-state index contributed by atoms with van der Waals surface area (Å²) in [5, 5.41) is 3.48. The van der Waals surface area contributed by atoms with Gasteiger partial charge in [0.1, 0.15) is 0 Å². The van der Waals surface area contributed by atoms with Gasteiger partial charge in [-0.25, -0.2) is 0 Å². The average molecular weight is 262 g/mol. The Morgan fingerprint density at radius 3 is 2.74 bits per heavy atom. The van der Waals surface area contributed by atoms with E-state index in [2.05, 4.69) is 48.5 Å². The van der Waals surface area contributed by atoms with E-state index >= 15 is 0 Å². The van der Waals surface area contributed by atoms with Gasteiger partial charge in [-0.05, 0) is 37.0 Å². The second kappa shape index (κ2) is 7.51. The van der Waals surface area contributed by atoms with Crippen LogP contribution in [0.4, 0.5) is 5.69 Å². The van der Waals surface area contributed by atoms with Gasteiger partial charge in [-0.1, -0.05) is 19.1 Å². The van der Waals surface area contributed by atoms with Crippen LogP contribution in [0, 0.1) is 0 Å². The molecule has 0 amide bonds. The largest absolute Gasteiger partial charge is 0.377 e. The first kappa shape index (κ1) is 14.4. The van der Waals surface area contributed by atoms with E-state index in [-0.39, 0.29) is 0 Å². The van der Waals surface area contributed by atoms with E-state index in [1.807, 2.05) is 0 Å². The summed E-state index contributed by atoms with van der Waals surface area (Å²) in [6, 6.07) is 8.84. The standard InChI is InChI=1S/C16H26N2O/c1-3-14-6-8-15(9-7-14)18(2)11-10-17-13-16-5-4-12-19-16/h6-9,16-17H,3-5,10-13H2,1-2H3. The quantitative estimate of drug-likeness (QED) is 0.764. The molecule has 2 rings (SSSR count). The highest BCUT2D eigenvalue weighted by Crippen LogP contribution is 2.14. The highest BCUT2D eigenvalue weighted by atomic mass is 16.5. The molecule has 1 atom stereocenters. The van der Waals surface area contributed by atoms with Crippen LogP contribution in [0.5, 0.6) is 0 Å². The average Bonchev–Trinajstić information content (AvgIpc) is 2.96. The van der Waals surface area contributed by atoms with E-state index in [9.17, 15) is 0 Å². The third-order valence-electron chi connectivity index (χ3n) is 3.81. The Morgan fingerprint density at radius 1 is 1.32 bits per heavy atom. The van der Waals surface area contributed by atoms with Crippen LogP contribution in [0.2, 0.25) is 0 Å². The fraction of sp³-hybridized carbons (Fsp3) is 0.625. The Kier molecular flexibility index (Phi) is 5.67. The summed E-state index contributed by atoms with van der Waals surface area (Å²) in [6.45, 7) is 6.15. The molecule has 0 aliphatic carbocycles. The molecule has 3 nitrogen and oxygen atoms in total. The molecule has 1 aromatic carbocycles. The number of hydrogen-bond acceptors (Lipinski definition) is 3. The van der Waals surface area contributed by atoms with Crippen LogP contribution in [0.25, 0.3) is 0 Å². The number of anilines is 1. The molecule has 1 unspecified atom stereocenters. The predicted molar refractivity (Wildman–Crippen MR) is 80.9 cm³/mol. The van der Waals surface area contributed by atoms with E-state index in [0.717, 1.165) is 32.7 Å². The van der Waals surface area contributed by atoms with Crippen molar-refractivity contribution in [1.82, 2.24) is 5.32 Å². The zero-order valence-electron chi connectivity index (χ0n) is 12.2. The Hall–Kier alpha value is -1.06. The van der Waals surface area contributed by atoms with Crippen molar-refractivity contribution in [3.8, 4) is 0 Å². The maximum Gasteiger partial charge on any atom is 0.0700 e. The minimum Gasteiger partial charge on any atom is -0.377 e. The van der Waals surface area contributed by atoms with Crippen molar-refractivity contribution in [3.05, 3.63) is 29.8 Å². The molecule has 1 N–H and O–H groups in total. The van der Waals surface area contributed by atoms with Gasteiger partial charge in [-0.2, -0.15) is 0 Å². The lowest BCUT2D eigenvalue weighted by atomic mass is 10.1. The molecule has 1 aliphatic rings. The molecule has 106 valence electrons. The Bertz CT molecular complexity index is 358. The summed E-state index contributed by atoms with van der Waals surface area (Å²) < 4.78 is 5.59. The molecule has 19 heavy (non-hydrogen) atoms. The fourth-order valence-corrected chi connectivity index (χ4v) is 2.43. The second-order valence-corrected chi connectivity index (χ2v) is 5.28. The van der Waals surface area contributed by atoms with E-state index in [1.165, 1.54) is 24.1 Å². The molecule has 0 radical (unpaired) electrons. The summed E-state index contributed by atoms with van der Waals surface area (Å²) in [5.74, 6) is 0. The van der Waals surface area contributed by atoms with E-state index in [1.54, 1.807) is 0 Å². The summed E-state index contributed by atoms with van der Waals surface area (Å²) in [7, 11) is 2.15. The summed E-state index contributed by atoms with van der Waals surface area (Å²) >= 11 is 0. The third kappa shape index (κ3) is 4.51. The molecule has 0 aromatic heterocycles. The molecule has 0 spiro atoms. The van der Waals surface area contributed by atoms with Crippen molar-refractivity contribution in [1.29, 1.82) is 0 Å². The van der Waals surface area contributed by atoms with Crippen LogP contribution in [0.3, 0.4) is 0 Å². The maximum atomic E-state index is 5.59. The minimum atomic E-state index is 0.439. The van der Waals surface area contributed by atoms with Gasteiger partial charge < -0.3 is 15.0 Å². The van der Waals surface area contributed by atoms with Crippen molar-refractivity contribution in [3.63, 3.8) is 0 Å². The number of nitrogens with one attached hydrogen (secondary N) is 1. The lowest BCUT2D eigenvalue weighted by Gasteiger charge is -2.20. The van der Waals surface area contributed by atoms with Crippen LogP contribution < -0.4 is 10.2 Å². The summed E-state index contributed by atoms with van der Waals surface area (Å²) in [6.07, 6.45) is 3.97. The van der Waals surface area contributed by atoms with Gasteiger partial charge in [0.05, 0.1) is 6.10 Å². The lowest BCUT2D eigenvalue weighted by molar-refractivity contribution is 0.110. The van der Waals surface area contributed by atoms with Gasteiger partial charge in [-0.15, -0.1) is 0 Å². The Labute approximate surface area is 116 Å². The van der Waals surface area contributed by atoms with E-state index < -0.39 is 0 Å². The smallest absolute Gasteiger partial charge is 0.0700 e. The van der Waals surface area contributed by atoms with Gasteiger partial charge in [0, 0.05) is 39.0 Å². The van der Waals surface area contributed by atoms with Crippen LogP contribution in [-0.4, -0.2) is 39.4 Å². The Morgan fingerprint density at radius 2 is 2.11 bits per heavy atom. The van der Waals surface area contributed by atoms with Crippen LogP contribution in [-0.2, 0) is 11.2 Å². The first-order chi connectivity index (χ1) is 9.29. The van der Waals surface area contributed by atoms with Crippen molar-refractivity contribution in [2.24, 2.45) is 0 Å². The Balaban J connectivity index is 1.66. The molecule has 1 aromatic rings. The highest BCUT2D eigenvalue weighted by molar-refractivity contribution is 5.46. The SMILES string of the molecule is CCc1ccc(N(C)CCNCC2CCCO2)cc1. The fourth-order valence-electron chi connectivity index (χ4n) is 2.43. The van der Waals surface area contributed by atoms with Gasteiger partial charge in [-0.3, -0.25) is 0 Å². The van der Waals surface area contributed by atoms with Crippen molar-refractivity contribution < 1.29 is 4.74 Å². The summed E-state index contributed by atoms with van der Waals surface area (Å²) in [5.41, 5.74) is 2.68. The van der Waals surface area contributed by atoms with Gasteiger partial charge in [0.15, 0.2) is 0 Å². The number of aryl methyl sites for hydroxylation is 1. The van der Waals surface area contributed by atoms with Gasteiger partial charge >= 0.3 is 0 Å². The van der Waals surface area contributed by atoms with Crippen molar-refractivity contribution in [2.75, 3.05) is 38.2 Å². The van der Waals surface area contributed by atoms with Crippen molar-refractivity contribution in [2.45, 2.75) is 32.3 Å². The second-order valence-electron chi connectivity index (χ2n) is 5.28. The normalized spacial score (nSPS) is 18.7. The van der Waals surface area contributed by atoms with Gasteiger partial charge in [0.2, 0.25) is 0 Å². The molecule has 1 saturated heterocycles.